The number of likely N-dealkylation sites (tertiary alicyclic amines) is 1. The third-order valence-corrected chi connectivity index (χ3v) is 5.51. The van der Waals surface area contributed by atoms with E-state index in [2.05, 4.69) is 29.3 Å². The van der Waals surface area contributed by atoms with E-state index in [0.717, 1.165) is 30.8 Å². The molecule has 27 heavy (non-hydrogen) atoms. The minimum Gasteiger partial charge on any atom is -0.385 e. The average molecular weight is 387 g/mol. The number of halogens is 1. The molecule has 1 saturated heterocycles. The van der Waals surface area contributed by atoms with Gasteiger partial charge in [0.15, 0.2) is 0 Å². The molecular formula is C22H27ClN2O2. The van der Waals surface area contributed by atoms with Crippen molar-refractivity contribution >= 4 is 17.5 Å². The minimum absolute atomic E-state index is 0.00503. The number of carbonyl (C=O) groups is 1. The quantitative estimate of drug-likeness (QED) is 0.801. The number of aryl methyl sites for hydroxylation is 1. The van der Waals surface area contributed by atoms with Crippen LogP contribution in [0.2, 0.25) is 5.02 Å². The predicted octanol–water partition coefficient (Wildman–Crippen LogP) is 3.29. The maximum absolute atomic E-state index is 12.1. The van der Waals surface area contributed by atoms with Crippen molar-refractivity contribution in [1.82, 2.24) is 10.2 Å². The van der Waals surface area contributed by atoms with Crippen molar-refractivity contribution in [2.45, 2.75) is 31.8 Å². The van der Waals surface area contributed by atoms with Crippen LogP contribution in [0.3, 0.4) is 0 Å². The van der Waals surface area contributed by atoms with Crippen LogP contribution >= 0.6 is 11.6 Å². The number of amides is 1. The van der Waals surface area contributed by atoms with Gasteiger partial charge in [-0.15, -0.1) is 0 Å². The van der Waals surface area contributed by atoms with E-state index in [-0.39, 0.29) is 5.91 Å². The zero-order valence-corrected chi connectivity index (χ0v) is 16.5. The summed E-state index contributed by atoms with van der Waals surface area (Å²) in [6.45, 7) is 5.12. The van der Waals surface area contributed by atoms with Gasteiger partial charge in [-0.1, -0.05) is 53.6 Å². The van der Waals surface area contributed by atoms with E-state index in [1.54, 1.807) is 6.07 Å². The summed E-state index contributed by atoms with van der Waals surface area (Å²) in [5.41, 5.74) is 2.39. The lowest BCUT2D eigenvalue weighted by Gasteiger charge is -2.38. The molecule has 0 bridgehead atoms. The molecule has 0 aromatic heterocycles. The van der Waals surface area contributed by atoms with Crippen LogP contribution in [-0.2, 0) is 16.8 Å². The molecule has 4 nitrogen and oxygen atoms in total. The third-order valence-electron chi connectivity index (χ3n) is 5.28. The van der Waals surface area contributed by atoms with Crippen molar-refractivity contribution < 1.29 is 9.90 Å². The molecule has 0 radical (unpaired) electrons. The third kappa shape index (κ3) is 5.55. The summed E-state index contributed by atoms with van der Waals surface area (Å²) < 4.78 is 0. The van der Waals surface area contributed by atoms with Gasteiger partial charge < -0.3 is 15.3 Å². The Kier molecular flexibility index (Phi) is 6.53. The molecule has 144 valence electrons. The van der Waals surface area contributed by atoms with Gasteiger partial charge in [0.25, 0.3) is 0 Å². The number of benzene rings is 2. The van der Waals surface area contributed by atoms with Gasteiger partial charge in [0.05, 0.1) is 12.0 Å². The fourth-order valence-electron chi connectivity index (χ4n) is 3.55. The number of carbonyl (C=O) groups excluding carboxylic acids is 1. The van der Waals surface area contributed by atoms with E-state index in [1.165, 1.54) is 5.56 Å². The van der Waals surface area contributed by atoms with Gasteiger partial charge in [0.2, 0.25) is 5.91 Å². The lowest BCUT2D eigenvalue weighted by atomic mass is 9.84. The maximum atomic E-state index is 12.1. The van der Waals surface area contributed by atoms with Crippen LogP contribution in [0.25, 0.3) is 0 Å². The first-order chi connectivity index (χ1) is 12.9. The van der Waals surface area contributed by atoms with Gasteiger partial charge in [-0.2, -0.15) is 0 Å². The van der Waals surface area contributed by atoms with E-state index in [1.807, 2.05) is 30.3 Å². The first kappa shape index (κ1) is 19.9. The molecule has 0 atom stereocenters. The van der Waals surface area contributed by atoms with Crippen molar-refractivity contribution in [3.63, 3.8) is 0 Å². The van der Waals surface area contributed by atoms with Crippen molar-refractivity contribution in [3.05, 3.63) is 70.2 Å². The topological polar surface area (TPSA) is 52.6 Å². The maximum Gasteiger partial charge on any atom is 0.224 e. The van der Waals surface area contributed by atoms with Crippen LogP contribution < -0.4 is 5.32 Å². The fraction of sp³-hybridized carbons (Fsp3) is 0.409. The summed E-state index contributed by atoms with van der Waals surface area (Å²) in [5.74, 6) is 0.00503. The standard InChI is InChI=1S/C22H27ClN2O2/c1-17-5-7-19(8-6-17)22(27)9-12-25(13-10-22)14-11-24-21(26)16-18-3-2-4-20(23)15-18/h2-8,15,27H,9-14,16H2,1H3,(H,24,26). The zero-order chi connectivity index (χ0) is 19.3. The molecule has 2 aromatic rings. The van der Waals surface area contributed by atoms with Gasteiger partial charge in [-0.25, -0.2) is 0 Å². The highest BCUT2D eigenvalue weighted by molar-refractivity contribution is 6.30. The SMILES string of the molecule is Cc1ccc(C2(O)CCN(CCNC(=O)Cc3cccc(Cl)c3)CC2)cc1. The Morgan fingerprint density at radius 1 is 1.19 bits per heavy atom. The summed E-state index contributed by atoms with van der Waals surface area (Å²) in [6.07, 6.45) is 1.77. The molecule has 1 aliphatic rings. The van der Waals surface area contributed by atoms with Crippen LogP contribution in [0.1, 0.15) is 29.5 Å². The second-order valence-corrected chi connectivity index (χ2v) is 7.83. The summed E-state index contributed by atoms with van der Waals surface area (Å²) >= 11 is 5.95. The number of piperidine rings is 1. The summed E-state index contributed by atoms with van der Waals surface area (Å²) in [4.78, 5) is 14.4. The van der Waals surface area contributed by atoms with Gasteiger partial charge in [0.1, 0.15) is 0 Å². The van der Waals surface area contributed by atoms with Gasteiger partial charge >= 0.3 is 0 Å². The summed E-state index contributed by atoms with van der Waals surface area (Å²) in [5, 5.41) is 14.6. The highest BCUT2D eigenvalue weighted by Gasteiger charge is 2.33. The molecule has 2 N–H and O–H groups in total. The second-order valence-electron chi connectivity index (χ2n) is 7.40. The largest absolute Gasteiger partial charge is 0.385 e. The predicted molar refractivity (Wildman–Crippen MR) is 109 cm³/mol. The van der Waals surface area contributed by atoms with Gasteiger partial charge in [-0.3, -0.25) is 4.79 Å². The fourth-order valence-corrected chi connectivity index (χ4v) is 3.76. The Balaban J connectivity index is 1.40. The molecule has 1 amide bonds. The Morgan fingerprint density at radius 2 is 1.89 bits per heavy atom. The monoisotopic (exact) mass is 386 g/mol. The zero-order valence-electron chi connectivity index (χ0n) is 15.7. The summed E-state index contributed by atoms with van der Waals surface area (Å²) in [6, 6.07) is 15.5. The lowest BCUT2D eigenvalue weighted by molar-refractivity contribution is -0.120. The minimum atomic E-state index is -0.736. The van der Waals surface area contributed by atoms with E-state index >= 15 is 0 Å². The molecule has 0 saturated carbocycles. The number of nitrogens with zero attached hydrogens (tertiary/aromatic N) is 1. The van der Waals surface area contributed by atoms with Gasteiger partial charge in [0, 0.05) is 31.2 Å². The van der Waals surface area contributed by atoms with Crippen LogP contribution in [-0.4, -0.2) is 42.1 Å². The first-order valence-corrected chi connectivity index (χ1v) is 9.85. The van der Waals surface area contributed by atoms with E-state index in [0.29, 0.717) is 30.8 Å². The number of hydrogen-bond acceptors (Lipinski definition) is 3. The Morgan fingerprint density at radius 3 is 2.56 bits per heavy atom. The molecule has 3 rings (SSSR count). The molecule has 1 heterocycles. The van der Waals surface area contributed by atoms with Crippen LogP contribution in [0.15, 0.2) is 48.5 Å². The van der Waals surface area contributed by atoms with Crippen molar-refractivity contribution in [2.24, 2.45) is 0 Å². The molecule has 1 aliphatic heterocycles. The van der Waals surface area contributed by atoms with Crippen molar-refractivity contribution in [3.8, 4) is 0 Å². The van der Waals surface area contributed by atoms with E-state index in [4.69, 9.17) is 11.6 Å². The summed E-state index contributed by atoms with van der Waals surface area (Å²) in [7, 11) is 0. The smallest absolute Gasteiger partial charge is 0.224 e. The molecule has 0 aliphatic carbocycles. The average Bonchev–Trinajstić information content (AvgIpc) is 2.64. The molecule has 0 spiro atoms. The molecule has 0 unspecified atom stereocenters. The molecule has 1 fully saturated rings. The Bertz CT molecular complexity index is 768. The molecular weight excluding hydrogens is 360 g/mol. The van der Waals surface area contributed by atoms with Crippen LogP contribution in [0, 0.1) is 6.92 Å². The van der Waals surface area contributed by atoms with E-state index in [9.17, 15) is 9.90 Å². The number of hydrogen-bond donors (Lipinski definition) is 2. The highest BCUT2D eigenvalue weighted by Crippen LogP contribution is 2.32. The number of aliphatic hydroxyl groups is 1. The molecule has 2 aromatic carbocycles. The normalized spacial score (nSPS) is 16.9. The van der Waals surface area contributed by atoms with Crippen molar-refractivity contribution in [1.29, 1.82) is 0 Å². The Labute approximate surface area is 166 Å². The van der Waals surface area contributed by atoms with Gasteiger partial charge in [-0.05, 0) is 43.0 Å². The van der Waals surface area contributed by atoms with Crippen LogP contribution in [0.4, 0.5) is 0 Å². The Hall–Kier alpha value is -1.88. The number of rotatable bonds is 6. The van der Waals surface area contributed by atoms with Crippen LogP contribution in [0.5, 0.6) is 0 Å². The second kappa shape index (κ2) is 8.87. The number of nitrogens with one attached hydrogen (secondary N) is 1. The highest BCUT2D eigenvalue weighted by atomic mass is 35.5. The van der Waals surface area contributed by atoms with Crippen molar-refractivity contribution in [2.75, 3.05) is 26.2 Å². The van der Waals surface area contributed by atoms with E-state index < -0.39 is 5.60 Å². The molecule has 5 heteroatoms. The lowest BCUT2D eigenvalue weighted by Crippen LogP contribution is -2.45. The first-order valence-electron chi connectivity index (χ1n) is 9.48.